The molecule has 0 bridgehead atoms. The average Bonchev–Trinajstić information content (AvgIpc) is 3.72. The highest BCUT2D eigenvalue weighted by Crippen LogP contribution is 2.42. The Morgan fingerprint density at radius 1 is 0.836 bits per heavy atom. The molecule has 0 saturated carbocycles. The van der Waals surface area contributed by atoms with E-state index in [1.165, 1.54) is 17.0 Å². The topological polar surface area (TPSA) is 259 Å². The molecule has 5 amide bonds. The molecule has 2 fully saturated rings. The molecule has 6 atom stereocenters. The zero-order chi connectivity index (χ0) is 48.6. The van der Waals surface area contributed by atoms with Crippen LogP contribution in [0, 0.1) is 11.3 Å². The van der Waals surface area contributed by atoms with E-state index in [4.69, 9.17) is 24.5 Å². The Morgan fingerprint density at radius 2 is 1.49 bits per heavy atom. The first-order valence-corrected chi connectivity index (χ1v) is 24.2. The van der Waals surface area contributed by atoms with Crippen molar-refractivity contribution in [3.63, 3.8) is 0 Å². The van der Waals surface area contributed by atoms with E-state index in [1.54, 1.807) is 57.2 Å². The van der Waals surface area contributed by atoms with Crippen LogP contribution in [0.2, 0.25) is 0 Å². The van der Waals surface area contributed by atoms with Gasteiger partial charge in [-0.05, 0) is 88.1 Å². The van der Waals surface area contributed by atoms with Crippen molar-refractivity contribution in [1.82, 2.24) is 20.9 Å². The van der Waals surface area contributed by atoms with Crippen LogP contribution >= 0.6 is 7.60 Å². The van der Waals surface area contributed by atoms with Crippen LogP contribution in [0.25, 0.3) is 0 Å². The van der Waals surface area contributed by atoms with Gasteiger partial charge in [0, 0.05) is 19.0 Å². The fraction of sp³-hybridized carbons (Fsp3) is 0.479. The second-order valence-electron chi connectivity index (χ2n) is 17.8. The van der Waals surface area contributed by atoms with Crippen LogP contribution in [0.1, 0.15) is 95.2 Å². The maximum atomic E-state index is 14.5. The highest BCUT2D eigenvalue weighted by Gasteiger charge is 2.45. The summed E-state index contributed by atoms with van der Waals surface area (Å²) >= 11 is 0. The van der Waals surface area contributed by atoms with Gasteiger partial charge >= 0.3 is 19.5 Å². The zero-order valence-corrected chi connectivity index (χ0v) is 39.1. The van der Waals surface area contributed by atoms with Gasteiger partial charge in [-0.1, -0.05) is 85.6 Å². The quantitative estimate of drug-likeness (QED) is 0.0527. The van der Waals surface area contributed by atoms with Crippen LogP contribution in [0.4, 0.5) is 0 Å². The van der Waals surface area contributed by atoms with Gasteiger partial charge in [0.05, 0.1) is 17.8 Å². The van der Waals surface area contributed by atoms with Crippen molar-refractivity contribution in [2.45, 2.75) is 122 Å². The van der Waals surface area contributed by atoms with Crippen molar-refractivity contribution in [3.8, 4) is 5.75 Å². The van der Waals surface area contributed by atoms with Crippen LogP contribution in [-0.4, -0.2) is 88.6 Å². The van der Waals surface area contributed by atoms with Gasteiger partial charge in [-0.2, -0.15) is 0 Å². The Hall–Kier alpha value is -6.10. The molecule has 0 spiro atoms. The summed E-state index contributed by atoms with van der Waals surface area (Å²) in [6.07, 6.45) is 1.87. The maximum absolute atomic E-state index is 14.5. The molecular weight excluding hydrogens is 886 g/mol. The average molecular weight is 948 g/mol. The van der Waals surface area contributed by atoms with Gasteiger partial charge in [0.15, 0.2) is 6.35 Å². The SMILES string of the molecule is CC(C)(C)C(=O)OCOP(=O)(O)COc1ccc(C[C@H](CC(=O)OCc2ccccc2)C(=O)N[C@H]2CCCCC3CC[C@@H](C(=O)N[C@@H](CCC(N)=O)C(=O)NCc4ccccc4)N3C2=O)cc1. The molecule has 2 saturated heterocycles. The molecular formula is C48H62N5O13P. The van der Waals surface area contributed by atoms with Crippen molar-refractivity contribution in [2.75, 3.05) is 13.1 Å². The first-order valence-electron chi connectivity index (χ1n) is 22.5. The monoisotopic (exact) mass is 947 g/mol. The molecule has 0 aromatic heterocycles. The first kappa shape index (κ1) is 51.9. The molecule has 362 valence electrons. The summed E-state index contributed by atoms with van der Waals surface area (Å²) in [4.78, 5) is 105. The molecule has 3 aromatic rings. The summed E-state index contributed by atoms with van der Waals surface area (Å²) in [6, 6.07) is 21.1. The lowest BCUT2D eigenvalue weighted by molar-refractivity contribution is -0.160. The van der Waals surface area contributed by atoms with E-state index in [9.17, 15) is 43.0 Å². The van der Waals surface area contributed by atoms with Crippen LogP contribution < -0.4 is 26.4 Å². The van der Waals surface area contributed by atoms with E-state index in [0.717, 1.165) is 17.5 Å². The number of fused-ring (bicyclic) bond motifs is 1. The highest BCUT2D eigenvalue weighted by molar-refractivity contribution is 7.52. The molecule has 5 rings (SSSR count). The molecule has 2 unspecified atom stereocenters. The fourth-order valence-corrected chi connectivity index (χ4v) is 8.38. The Morgan fingerprint density at radius 3 is 2.15 bits per heavy atom. The lowest BCUT2D eigenvalue weighted by Gasteiger charge is -2.36. The Labute approximate surface area is 390 Å². The predicted octanol–water partition coefficient (Wildman–Crippen LogP) is 4.55. The molecule has 0 radical (unpaired) electrons. The van der Waals surface area contributed by atoms with Gasteiger partial charge in [0.2, 0.25) is 36.3 Å². The minimum absolute atomic E-state index is 0.0174. The van der Waals surface area contributed by atoms with Crippen LogP contribution in [0.15, 0.2) is 84.9 Å². The van der Waals surface area contributed by atoms with Crippen molar-refractivity contribution in [2.24, 2.45) is 17.1 Å². The summed E-state index contributed by atoms with van der Waals surface area (Å²) in [5.74, 6) is -4.82. The smallest absolute Gasteiger partial charge is 0.368 e. The summed E-state index contributed by atoms with van der Waals surface area (Å²) in [7, 11) is -4.32. The number of carbonyl (C=O) groups excluding carboxylic acids is 7. The number of primary amides is 1. The van der Waals surface area contributed by atoms with Gasteiger partial charge in [-0.25, -0.2) is 0 Å². The minimum atomic E-state index is -4.32. The lowest BCUT2D eigenvalue weighted by atomic mass is 9.93. The third kappa shape index (κ3) is 16.6. The number of carbonyl (C=O) groups is 7. The second kappa shape index (κ2) is 24.6. The minimum Gasteiger partial charge on any atom is -0.481 e. The summed E-state index contributed by atoms with van der Waals surface area (Å²) < 4.78 is 33.3. The Balaban J connectivity index is 1.26. The van der Waals surface area contributed by atoms with Crippen molar-refractivity contribution >= 4 is 49.1 Å². The zero-order valence-electron chi connectivity index (χ0n) is 38.2. The summed E-state index contributed by atoms with van der Waals surface area (Å²) in [5, 5.41) is 8.48. The van der Waals surface area contributed by atoms with Gasteiger partial charge < -0.3 is 45.7 Å². The molecule has 0 aliphatic carbocycles. The van der Waals surface area contributed by atoms with Crippen LogP contribution in [0.5, 0.6) is 5.75 Å². The summed E-state index contributed by atoms with van der Waals surface area (Å²) in [5.41, 5.74) is 6.76. The Kier molecular flexibility index (Phi) is 19.1. The maximum Gasteiger partial charge on any atom is 0.368 e. The molecule has 67 heavy (non-hydrogen) atoms. The van der Waals surface area contributed by atoms with Gasteiger partial charge in [-0.15, -0.1) is 0 Å². The molecule has 3 aromatic carbocycles. The van der Waals surface area contributed by atoms with E-state index in [1.807, 2.05) is 36.4 Å². The van der Waals surface area contributed by atoms with E-state index >= 15 is 0 Å². The van der Waals surface area contributed by atoms with E-state index < -0.39 is 91.7 Å². The van der Waals surface area contributed by atoms with Crippen molar-refractivity contribution in [3.05, 3.63) is 102 Å². The molecule has 2 aliphatic heterocycles. The largest absolute Gasteiger partial charge is 0.481 e. The molecule has 2 aliphatic rings. The van der Waals surface area contributed by atoms with Gasteiger partial charge in [-0.3, -0.25) is 42.7 Å². The highest BCUT2D eigenvalue weighted by atomic mass is 31.2. The number of benzene rings is 3. The second-order valence-corrected chi connectivity index (χ2v) is 19.6. The summed E-state index contributed by atoms with van der Waals surface area (Å²) in [6.45, 7) is 4.32. The third-order valence-electron chi connectivity index (χ3n) is 11.5. The number of nitrogens with zero attached hydrogens (tertiary/aromatic N) is 1. The number of esters is 2. The number of rotatable bonds is 22. The van der Waals surface area contributed by atoms with E-state index in [2.05, 4.69) is 16.0 Å². The number of ether oxygens (including phenoxy) is 3. The van der Waals surface area contributed by atoms with Gasteiger partial charge in [0.1, 0.15) is 30.5 Å². The number of nitrogens with two attached hydrogens (primary N) is 1. The Bertz CT molecular complexity index is 2220. The van der Waals surface area contributed by atoms with E-state index in [0.29, 0.717) is 31.2 Å². The standard InChI is InChI=1S/C48H62N5O13P/c1-48(2,3)47(60)64-30-66-67(61,62)31-65-37-21-18-32(19-22-37)26-35(27-42(55)63-29-34-14-8-5-9-15-34)43(56)52-39-17-11-10-16-36-20-24-40(53(36)46(39)59)45(58)51-38(23-25-41(49)54)44(57)50-28-33-12-6-4-7-13-33/h4-9,12-15,18-19,21-22,35-36,38-40H,10-11,16-17,20,23-31H2,1-3H3,(H2,49,54)(H,50,57)(H,51,58)(H,52,56)(H,61,62)/t35-,36?,38+,39+,40+/m1/s1. The van der Waals surface area contributed by atoms with Crippen LogP contribution in [0.3, 0.4) is 0 Å². The number of hydrogen-bond acceptors (Lipinski definition) is 12. The van der Waals surface area contributed by atoms with Gasteiger partial charge in [0.25, 0.3) is 0 Å². The number of nitrogens with one attached hydrogen (secondary N) is 3. The van der Waals surface area contributed by atoms with Crippen molar-refractivity contribution in [1.29, 1.82) is 0 Å². The molecule has 2 heterocycles. The predicted molar refractivity (Wildman–Crippen MR) is 244 cm³/mol. The van der Waals surface area contributed by atoms with Crippen molar-refractivity contribution < 1.29 is 61.8 Å². The van der Waals surface area contributed by atoms with Crippen LogP contribution in [-0.2, 0) is 71.7 Å². The molecule has 18 nitrogen and oxygen atoms in total. The number of hydrogen-bond donors (Lipinski definition) is 5. The normalized spacial score (nSPS) is 19.0. The number of amides is 5. The molecule has 6 N–H and O–H groups in total. The lowest BCUT2D eigenvalue weighted by Crippen LogP contribution is -2.58. The van der Waals surface area contributed by atoms with E-state index in [-0.39, 0.29) is 57.0 Å². The fourth-order valence-electron chi connectivity index (χ4n) is 7.78. The molecule has 19 heteroatoms. The first-order chi connectivity index (χ1) is 31.9. The third-order valence-corrected chi connectivity index (χ3v) is 12.4.